The second-order valence-electron chi connectivity index (χ2n) is 5.01. The number of phenols is 3. The zero-order valence-corrected chi connectivity index (χ0v) is 17.2. The van der Waals surface area contributed by atoms with Crippen molar-refractivity contribution in [3.8, 4) is 17.2 Å². The van der Waals surface area contributed by atoms with E-state index in [-0.39, 0.29) is 28.6 Å². The Bertz CT molecular complexity index is 673. The molecule has 0 saturated heterocycles. The number of likely N-dealkylation sites (N-methyl/N-ethyl adjacent to an activating group) is 1. The number of anilines is 1. The molecule has 0 aliphatic heterocycles. The molecule has 0 spiro atoms. The van der Waals surface area contributed by atoms with Crippen molar-refractivity contribution in [2.24, 2.45) is 0 Å². The van der Waals surface area contributed by atoms with Crippen LogP contribution in [0.1, 0.15) is 50.5 Å². The number of Topliss-reactive ketones (excluding diaryl/α,β-unsaturated/α-hetero) is 1. The van der Waals surface area contributed by atoms with Crippen molar-refractivity contribution in [2.45, 2.75) is 41.0 Å². The summed E-state index contributed by atoms with van der Waals surface area (Å²) in [7, 11) is 1.88. The van der Waals surface area contributed by atoms with E-state index >= 15 is 0 Å². The lowest BCUT2D eigenvalue weighted by atomic mass is 10.1. The second kappa shape index (κ2) is 15.5. The number of rotatable bonds is 4. The smallest absolute Gasteiger partial charge is 0.163 e. The van der Waals surface area contributed by atoms with Crippen molar-refractivity contribution >= 4 is 11.5 Å². The number of nitrogen functional groups attached to an aromatic ring is 1. The number of hydrogen-bond donors (Lipinski definition) is 5. The van der Waals surface area contributed by atoms with Gasteiger partial charge in [0.25, 0.3) is 0 Å². The molecular formula is C21H34N2O4. The molecule has 0 heterocycles. The Morgan fingerprint density at radius 2 is 1.48 bits per heavy atom. The molecule has 0 fully saturated rings. The van der Waals surface area contributed by atoms with Crippen molar-refractivity contribution in [2.75, 3.05) is 19.3 Å². The molecule has 6 heteroatoms. The Morgan fingerprint density at radius 1 is 0.926 bits per heavy atom. The molecule has 0 radical (unpaired) electrons. The van der Waals surface area contributed by atoms with Crippen LogP contribution in [-0.4, -0.2) is 34.7 Å². The van der Waals surface area contributed by atoms with Gasteiger partial charge in [-0.05, 0) is 62.8 Å². The summed E-state index contributed by atoms with van der Waals surface area (Å²) in [6.45, 7) is 10.2. The second-order valence-corrected chi connectivity index (χ2v) is 5.01. The van der Waals surface area contributed by atoms with E-state index in [1.807, 2.05) is 34.7 Å². The van der Waals surface area contributed by atoms with Crippen molar-refractivity contribution < 1.29 is 20.1 Å². The Kier molecular flexibility index (Phi) is 15.2. The predicted octanol–water partition coefficient (Wildman–Crippen LogP) is 4.09. The van der Waals surface area contributed by atoms with E-state index in [2.05, 4.69) is 5.32 Å². The third-order valence-electron chi connectivity index (χ3n) is 3.10. The van der Waals surface area contributed by atoms with Crippen molar-refractivity contribution in [3.05, 3.63) is 47.5 Å². The Hall–Kier alpha value is -2.73. The summed E-state index contributed by atoms with van der Waals surface area (Å²) in [4.78, 5) is 10.8. The highest BCUT2D eigenvalue weighted by Gasteiger charge is 2.05. The molecule has 0 aromatic heterocycles. The Balaban J connectivity index is 0. The SMILES string of the molecule is CC.CC.CC(=O)c1cc(N)ccc1O.CNCCc1ccc(O)c(O)c1. The summed E-state index contributed by atoms with van der Waals surface area (Å²) in [5, 5.41) is 30.3. The van der Waals surface area contributed by atoms with Crippen LogP contribution in [0.25, 0.3) is 0 Å². The first-order valence-corrected chi connectivity index (χ1v) is 9.10. The first-order valence-electron chi connectivity index (χ1n) is 9.10. The topological polar surface area (TPSA) is 116 Å². The van der Waals surface area contributed by atoms with Crippen molar-refractivity contribution in [3.63, 3.8) is 0 Å². The molecule has 2 rings (SSSR count). The number of benzene rings is 2. The fourth-order valence-electron chi connectivity index (χ4n) is 1.83. The predicted molar refractivity (Wildman–Crippen MR) is 113 cm³/mol. The monoisotopic (exact) mass is 378 g/mol. The quantitative estimate of drug-likeness (QED) is 0.237. The molecule has 0 saturated carbocycles. The van der Waals surface area contributed by atoms with Crippen LogP contribution in [0, 0.1) is 0 Å². The van der Waals surface area contributed by atoms with Gasteiger partial charge >= 0.3 is 0 Å². The van der Waals surface area contributed by atoms with Crippen LogP contribution in [0.3, 0.4) is 0 Å². The van der Waals surface area contributed by atoms with Gasteiger partial charge in [0.1, 0.15) is 5.75 Å². The number of nitrogens with two attached hydrogens (primary N) is 1. The Labute approximate surface area is 162 Å². The molecule has 0 amide bonds. The normalized spacial score (nSPS) is 8.81. The van der Waals surface area contributed by atoms with Gasteiger partial charge in [0.2, 0.25) is 0 Å². The number of hydrogen-bond acceptors (Lipinski definition) is 6. The lowest BCUT2D eigenvalue weighted by molar-refractivity contribution is 0.101. The number of ketones is 1. The van der Waals surface area contributed by atoms with Crippen molar-refractivity contribution in [1.29, 1.82) is 0 Å². The first kappa shape index (κ1) is 26.5. The van der Waals surface area contributed by atoms with E-state index < -0.39 is 0 Å². The molecule has 0 bridgehead atoms. The number of carbonyl (C=O) groups is 1. The standard InChI is InChI=1S/C9H13NO2.C8H9NO2.2C2H6/c1-10-5-4-7-2-3-8(11)9(12)6-7;1-5(10)7-4-6(9)2-3-8(7)11;2*1-2/h2-3,6,10-12H,4-5H2,1H3;2-4,11H,9H2,1H3;2*1-2H3. The average Bonchev–Trinajstić information content (AvgIpc) is 2.68. The number of phenolic OH excluding ortho intramolecular Hbond substituents is 3. The lowest BCUT2D eigenvalue weighted by Crippen LogP contribution is -2.09. The first-order chi connectivity index (χ1) is 12.8. The molecule has 0 aliphatic rings. The maximum Gasteiger partial charge on any atom is 0.163 e. The van der Waals surface area contributed by atoms with Gasteiger partial charge in [-0.3, -0.25) is 4.79 Å². The van der Waals surface area contributed by atoms with Gasteiger partial charge in [0.05, 0.1) is 5.56 Å². The van der Waals surface area contributed by atoms with Gasteiger partial charge in [-0.1, -0.05) is 33.8 Å². The molecular weight excluding hydrogens is 344 g/mol. The van der Waals surface area contributed by atoms with E-state index in [9.17, 15) is 4.79 Å². The molecule has 6 N–H and O–H groups in total. The highest BCUT2D eigenvalue weighted by Crippen LogP contribution is 2.24. The minimum Gasteiger partial charge on any atom is -0.507 e. The molecule has 0 unspecified atom stereocenters. The Morgan fingerprint density at radius 3 is 1.93 bits per heavy atom. The van der Waals surface area contributed by atoms with Gasteiger partial charge in [-0.2, -0.15) is 0 Å². The molecule has 0 atom stereocenters. The van der Waals surface area contributed by atoms with Gasteiger partial charge in [0, 0.05) is 5.69 Å². The highest BCUT2D eigenvalue weighted by molar-refractivity contribution is 5.97. The lowest BCUT2D eigenvalue weighted by Gasteiger charge is -2.02. The van der Waals surface area contributed by atoms with E-state index in [1.54, 1.807) is 18.2 Å². The van der Waals surface area contributed by atoms with Crippen LogP contribution < -0.4 is 11.1 Å². The minimum atomic E-state index is -0.185. The number of nitrogens with one attached hydrogen (secondary N) is 1. The summed E-state index contributed by atoms with van der Waals surface area (Å²) in [5.74, 6) is -0.326. The summed E-state index contributed by atoms with van der Waals surface area (Å²) < 4.78 is 0. The van der Waals surface area contributed by atoms with Crippen molar-refractivity contribution in [1.82, 2.24) is 5.32 Å². The van der Waals surface area contributed by atoms with E-state index in [4.69, 9.17) is 21.1 Å². The van der Waals surface area contributed by atoms with Crippen LogP contribution in [0.5, 0.6) is 17.2 Å². The summed E-state index contributed by atoms with van der Waals surface area (Å²) >= 11 is 0. The summed E-state index contributed by atoms with van der Waals surface area (Å²) in [6.07, 6.45) is 0.852. The van der Waals surface area contributed by atoms with Crippen LogP contribution in [-0.2, 0) is 6.42 Å². The van der Waals surface area contributed by atoms with Gasteiger partial charge < -0.3 is 26.4 Å². The van der Waals surface area contributed by atoms with Gasteiger partial charge in [0.15, 0.2) is 17.3 Å². The molecule has 27 heavy (non-hydrogen) atoms. The maximum absolute atomic E-state index is 10.8. The van der Waals surface area contributed by atoms with Crippen LogP contribution >= 0.6 is 0 Å². The molecule has 0 aliphatic carbocycles. The third-order valence-corrected chi connectivity index (χ3v) is 3.10. The molecule has 2 aromatic rings. The van der Waals surface area contributed by atoms with E-state index in [0.717, 1.165) is 18.5 Å². The number of carbonyl (C=O) groups excluding carboxylic acids is 1. The number of aromatic hydroxyl groups is 3. The van der Waals surface area contributed by atoms with Crippen LogP contribution in [0.15, 0.2) is 36.4 Å². The largest absolute Gasteiger partial charge is 0.507 e. The zero-order chi connectivity index (χ0) is 21.4. The van der Waals surface area contributed by atoms with Crippen LogP contribution in [0.2, 0.25) is 0 Å². The summed E-state index contributed by atoms with van der Waals surface area (Å²) in [5.41, 5.74) is 7.16. The molecule has 152 valence electrons. The summed E-state index contributed by atoms with van der Waals surface area (Å²) in [6, 6.07) is 9.28. The van der Waals surface area contributed by atoms with E-state index in [0.29, 0.717) is 5.69 Å². The van der Waals surface area contributed by atoms with E-state index in [1.165, 1.54) is 25.1 Å². The fourth-order valence-corrected chi connectivity index (χ4v) is 1.83. The minimum absolute atomic E-state index is 0.0216. The maximum atomic E-state index is 10.8. The zero-order valence-electron chi connectivity index (χ0n) is 17.2. The highest BCUT2D eigenvalue weighted by atomic mass is 16.3. The fraction of sp³-hybridized carbons (Fsp3) is 0.381. The third kappa shape index (κ3) is 10.8. The van der Waals surface area contributed by atoms with Gasteiger partial charge in [-0.25, -0.2) is 0 Å². The van der Waals surface area contributed by atoms with Gasteiger partial charge in [-0.15, -0.1) is 0 Å². The average molecular weight is 379 g/mol. The molecule has 2 aromatic carbocycles. The van der Waals surface area contributed by atoms with Crippen LogP contribution in [0.4, 0.5) is 5.69 Å². The molecule has 6 nitrogen and oxygen atoms in total.